The number of carbonyl (C=O) groups excluding carboxylic acids is 1. The summed E-state index contributed by atoms with van der Waals surface area (Å²) < 4.78 is 0.747. The molecule has 8 heteroatoms. The maximum Gasteiger partial charge on any atom is 0.237 e. The Hall–Kier alpha value is -2.11. The fourth-order valence-electron chi connectivity index (χ4n) is 1.68. The van der Waals surface area contributed by atoms with Gasteiger partial charge in [-0.25, -0.2) is 0 Å². The summed E-state index contributed by atoms with van der Waals surface area (Å²) in [4.78, 5) is 12.2. The van der Waals surface area contributed by atoms with Crippen molar-refractivity contribution in [3.05, 3.63) is 29.8 Å². The Labute approximate surface area is 143 Å². The van der Waals surface area contributed by atoms with Gasteiger partial charge in [-0.15, -0.1) is 10.2 Å². The molecule has 0 bridgehead atoms. The molecule has 23 heavy (non-hydrogen) atoms. The number of amides is 1. The number of nitriles is 1. The summed E-state index contributed by atoms with van der Waals surface area (Å²) in [7, 11) is 0. The standard InChI is InChI=1S/C15H17N5OS2/c1-3-7-17-14-19-20-15(23-14)22-10(2)13(21)18-12-6-4-5-11(8-12)9-16/h4-6,8,10H,3,7H2,1-2H3,(H,17,19)(H,18,21). The molecule has 0 aliphatic heterocycles. The van der Waals surface area contributed by atoms with Gasteiger partial charge in [-0.05, 0) is 31.5 Å². The van der Waals surface area contributed by atoms with Crippen LogP contribution in [-0.4, -0.2) is 27.9 Å². The van der Waals surface area contributed by atoms with Crippen LogP contribution in [0.3, 0.4) is 0 Å². The van der Waals surface area contributed by atoms with E-state index in [-0.39, 0.29) is 11.2 Å². The van der Waals surface area contributed by atoms with E-state index in [4.69, 9.17) is 5.26 Å². The lowest BCUT2D eigenvalue weighted by Crippen LogP contribution is -2.22. The molecule has 0 aliphatic rings. The van der Waals surface area contributed by atoms with E-state index in [9.17, 15) is 4.79 Å². The molecule has 120 valence electrons. The van der Waals surface area contributed by atoms with Crippen LogP contribution in [0.4, 0.5) is 10.8 Å². The Balaban J connectivity index is 1.91. The maximum atomic E-state index is 12.2. The van der Waals surface area contributed by atoms with E-state index >= 15 is 0 Å². The zero-order valence-corrected chi connectivity index (χ0v) is 14.5. The molecular formula is C15H17N5OS2. The lowest BCUT2D eigenvalue weighted by Gasteiger charge is -2.10. The summed E-state index contributed by atoms with van der Waals surface area (Å²) in [6.45, 7) is 4.75. The van der Waals surface area contributed by atoms with Crippen molar-refractivity contribution in [3.63, 3.8) is 0 Å². The molecule has 0 radical (unpaired) electrons. The normalized spacial score (nSPS) is 11.5. The fourth-order valence-corrected chi connectivity index (χ4v) is 3.60. The van der Waals surface area contributed by atoms with Gasteiger partial charge < -0.3 is 10.6 Å². The van der Waals surface area contributed by atoms with Gasteiger partial charge in [0, 0.05) is 12.2 Å². The molecule has 1 aromatic carbocycles. The van der Waals surface area contributed by atoms with E-state index in [1.165, 1.54) is 23.1 Å². The van der Waals surface area contributed by atoms with Crippen LogP contribution in [0, 0.1) is 11.3 Å². The molecule has 0 saturated heterocycles. The third-order valence-corrected chi connectivity index (χ3v) is 4.90. The van der Waals surface area contributed by atoms with Crippen molar-refractivity contribution >= 4 is 39.8 Å². The number of carbonyl (C=O) groups is 1. The molecule has 6 nitrogen and oxygen atoms in total. The van der Waals surface area contributed by atoms with E-state index in [1.807, 2.05) is 13.0 Å². The van der Waals surface area contributed by atoms with Gasteiger partial charge in [0.15, 0.2) is 4.34 Å². The highest BCUT2D eigenvalue weighted by molar-refractivity contribution is 8.02. The van der Waals surface area contributed by atoms with Crippen LogP contribution >= 0.6 is 23.1 Å². The zero-order chi connectivity index (χ0) is 16.7. The van der Waals surface area contributed by atoms with Crippen LogP contribution in [0.15, 0.2) is 28.6 Å². The Morgan fingerprint density at radius 3 is 3.04 bits per heavy atom. The molecule has 0 aliphatic carbocycles. The van der Waals surface area contributed by atoms with Crippen molar-refractivity contribution in [2.24, 2.45) is 0 Å². The minimum Gasteiger partial charge on any atom is -0.360 e. The number of benzene rings is 1. The number of anilines is 2. The van der Waals surface area contributed by atoms with Crippen molar-refractivity contribution in [1.29, 1.82) is 5.26 Å². The molecule has 2 rings (SSSR count). The Morgan fingerprint density at radius 2 is 2.30 bits per heavy atom. The van der Waals surface area contributed by atoms with Crippen LogP contribution in [0.25, 0.3) is 0 Å². The molecule has 0 spiro atoms. The van der Waals surface area contributed by atoms with E-state index in [0.29, 0.717) is 11.3 Å². The average molecular weight is 347 g/mol. The van der Waals surface area contributed by atoms with Crippen molar-refractivity contribution < 1.29 is 4.79 Å². The van der Waals surface area contributed by atoms with E-state index in [2.05, 4.69) is 27.8 Å². The lowest BCUT2D eigenvalue weighted by molar-refractivity contribution is -0.115. The lowest BCUT2D eigenvalue weighted by atomic mass is 10.2. The smallest absolute Gasteiger partial charge is 0.237 e. The number of hydrogen-bond acceptors (Lipinski definition) is 7. The summed E-state index contributed by atoms with van der Waals surface area (Å²) in [6.07, 6.45) is 1.02. The number of aromatic nitrogens is 2. The van der Waals surface area contributed by atoms with Crippen LogP contribution < -0.4 is 10.6 Å². The van der Waals surface area contributed by atoms with Gasteiger partial charge in [0.1, 0.15) is 0 Å². The van der Waals surface area contributed by atoms with Gasteiger partial charge in [-0.1, -0.05) is 36.1 Å². The van der Waals surface area contributed by atoms with Gasteiger partial charge in [0.05, 0.1) is 16.9 Å². The van der Waals surface area contributed by atoms with Crippen molar-refractivity contribution in [3.8, 4) is 6.07 Å². The van der Waals surface area contributed by atoms with Gasteiger partial charge in [0.25, 0.3) is 0 Å². The molecule has 1 aromatic heterocycles. The van der Waals surface area contributed by atoms with Gasteiger partial charge in [-0.2, -0.15) is 5.26 Å². The minimum atomic E-state index is -0.312. The third-order valence-electron chi connectivity index (χ3n) is 2.84. The first kappa shape index (κ1) is 17.2. The largest absolute Gasteiger partial charge is 0.360 e. The SMILES string of the molecule is CCCNc1nnc(SC(C)C(=O)Nc2cccc(C#N)c2)s1. The summed E-state index contributed by atoms with van der Waals surface area (Å²) >= 11 is 2.80. The molecule has 1 atom stereocenters. The monoisotopic (exact) mass is 347 g/mol. The summed E-state index contributed by atoms with van der Waals surface area (Å²) in [6, 6.07) is 8.89. The number of nitrogens with one attached hydrogen (secondary N) is 2. The molecule has 0 fully saturated rings. The first-order valence-electron chi connectivity index (χ1n) is 7.17. The number of nitrogens with zero attached hydrogens (tertiary/aromatic N) is 3. The molecular weight excluding hydrogens is 330 g/mol. The Kier molecular flexibility index (Phi) is 6.38. The second kappa shape index (κ2) is 8.50. The predicted molar refractivity (Wildman–Crippen MR) is 93.8 cm³/mol. The number of rotatable bonds is 7. The first-order chi connectivity index (χ1) is 11.1. The fraction of sp³-hybridized carbons (Fsp3) is 0.333. The van der Waals surface area contributed by atoms with Gasteiger partial charge >= 0.3 is 0 Å². The summed E-state index contributed by atoms with van der Waals surface area (Å²) in [5, 5.41) is 23.4. The highest BCUT2D eigenvalue weighted by atomic mass is 32.2. The maximum absolute atomic E-state index is 12.2. The van der Waals surface area contributed by atoms with Crippen LogP contribution in [0.1, 0.15) is 25.8 Å². The topological polar surface area (TPSA) is 90.7 Å². The van der Waals surface area contributed by atoms with Gasteiger partial charge in [0.2, 0.25) is 11.0 Å². The predicted octanol–water partition coefficient (Wildman–Crippen LogP) is 3.35. The summed E-state index contributed by atoms with van der Waals surface area (Å²) in [5.74, 6) is -0.136. The average Bonchev–Trinajstić information content (AvgIpc) is 3.00. The van der Waals surface area contributed by atoms with E-state index in [1.54, 1.807) is 24.3 Å². The first-order valence-corrected chi connectivity index (χ1v) is 8.87. The van der Waals surface area contributed by atoms with Crippen molar-refractivity contribution in [2.75, 3.05) is 17.2 Å². The Morgan fingerprint density at radius 1 is 1.48 bits per heavy atom. The molecule has 0 saturated carbocycles. The number of hydrogen-bond donors (Lipinski definition) is 2. The molecule has 1 unspecified atom stereocenters. The second-order valence-corrected chi connectivity index (χ2v) is 7.31. The van der Waals surface area contributed by atoms with Crippen LogP contribution in [-0.2, 0) is 4.79 Å². The van der Waals surface area contributed by atoms with E-state index < -0.39 is 0 Å². The second-order valence-electron chi connectivity index (χ2n) is 4.74. The highest BCUT2D eigenvalue weighted by Gasteiger charge is 2.17. The molecule has 2 N–H and O–H groups in total. The minimum absolute atomic E-state index is 0.136. The third kappa shape index (κ3) is 5.23. The van der Waals surface area contributed by atoms with Crippen molar-refractivity contribution in [1.82, 2.24) is 10.2 Å². The van der Waals surface area contributed by atoms with Crippen LogP contribution in [0.5, 0.6) is 0 Å². The summed E-state index contributed by atoms with van der Waals surface area (Å²) in [5.41, 5.74) is 1.13. The quantitative estimate of drug-likeness (QED) is 0.746. The van der Waals surface area contributed by atoms with Crippen LogP contribution in [0.2, 0.25) is 0 Å². The molecule has 2 aromatic rings. The van der Waals surface area contributed by atoms with E-state index in [0.717, 1.165) is 22.4 Å². The zero-order valence-electron chi connectivity index (χ0n) is 12.9. The van der Waals surface area contributed by atoms with Gasteiger partial charge in [-0.3, -0.25) is 4.79 Å². The molecule has 1 amide bonds. The van der Waals surface area contributed by atoms with Crippen molar-refractivity contribution in [2.45, 2.75) is 29.9 Å². The highest BCUT2D eigenvalue weighted by Crippen LogP contribution is 2.29. The molecule has 1 heterocycles. The Bertz CT molecular complexity index is 710. The number of thioether (sulfide) groups is 1.